The van der Waals surface area contributed by atoms with E-state index >= 15 is 0 Å². The standard InChI is InChI=1S/C7H8N2/c1-2-4-7-8-5-3-6-9-7/h2-3,5-6H,1,4H2. The Morgan fingerprint density at radius 3 is 2.67 bits per heavy atom. The second-order valence-electron chi connectivity index (χ2n) is 1.66. The van der Waals surface area contributed by atoms with Crippen molar-refractivity contribution in [1.82, 2.24) is 9.97 Å². The highest BCUT2D eigenvalue weighted by Gasteiger charge is 1.85. The third-order valence-corrected chi connectivity index (χ3v) is 0.946. The maximum atomic E-state index is 3.99. The molecule has 1 heterocycles. The molecule has 1 rings (SSSR count). The van der Waals surface area contributed by atoms with Crippen LogP contribution in [-0.2, 0) is 6.42 Å². The molecule has 0 fully saturated rings. The minimum absolute atomic E-state index is 0.751. The van der Waals surface area contributed by atoms with Gasteiger partial charge in [0.25, 0.3) is 0 Å². The van der Waals surface area contributed by atoms with Crippen molar-refractivity contribution in [2.45, 2.75) is 6.42 Å². The molecule has 1 aromatic rings. The molecule has 0 radical (unpaired) electrons. The van der Waals surface area contributed by atoms with Gasteiger partial charge in [-0.1, -0.05) is 6.08 Å². The van der Waals surface area contributed by atoms with Gasteiger partial charge in [0.2, 0.25) is 0 Å². The van der Waals surface area contributed by atoms with Gasteiger partial charge in [0.05, 0.1) is 0 Å². The third-order valence-electron chi connectivity index (χ3n) is 0.946. The number of rotatable bonds is 2. The molecule has 0 unspecified atom stereocenters. The van der Waals surface area contributed by atoms with Crippen LogP contribution in [0.3, 0.4) is 0 Å². The van der Waals surface area contributed by atoms with Gasteiger partial charge in [-0.25, -0.2) is 9.97 Å². The SMILES string of the molecule is C=CCc1ncccn1. The summed E-state index contributed by atoms with van der Waals surface area (Å²) in [6, 6.07) is 1.80. The lowest BCUT2D eigenvalue weighted by Crippen LogP contribution is -1.88. The fourth-order valence-corrected chi connectivity index (χ4v) is 0.564. The zero-order valence-corrected chi connectivity index (χ0v) is 5.12. The van der Waals surface area contributed by atoms with Gasteiger partial charge in [-0.15, -0.1) is 6.58 Å². The van der Waals surface area contributed by atoms with Crippen LogP contribution < -0.4 is 0 Å². The molecule has 0 amide bonds. The fourth-order valence-electron chi connectivity index (χ4n) is 0.564. The Kier molecular flexibility index (Phi) is 1.96. The highest BCUT2D eigenvalue weighted by atomic mass is 14.8. The van der Waals surface area contributed by atoms with Crippen molar-refractivity contribution < 1.29 is 0 Å². The van der Waals surface area contributed by atoms with Gasteiger partial charge >= 0.3 is 0 Å². The first-order valence-electron chi connectivity index (χ1n) is 2.80. The molecule has 0 aromatic carbocycles. The third kappa shape index (κ3) is 1.64. The van der Waals surface area contributed by atoms with Gasteiger partial charge in [-0.3, -0.25) is 0 Å². The Bertz CT molecular complexity index is 181. The summed E-state index contributed by atoms with van der Waals surface area (Å²) in [6.07, 6.45) is 5.99. The molecule has 0 aliphatic carbocycles. The van der Waals surface area contributed by atoms with Gasteiger partial charge in [0.1, 0.15) is 5.82 Å². The van der Waals surface area contributed by atoms with E-state index in [4.69, 9.17) is 0 Å². The summed E-state index contributed by atoms with van der Waals surface area (Å²) in [4.78, 5) is 7.97. The molecule has 0 atom stereocenters. The van der Waals surface area contributed by atoms with Crippen LogP contribution in [-0.4, -0.2) is 9.97 Å². The van der Waals surface area contributed by atoms with E-state index in [9.17, 15) is 0 Å². The van der Waals surface area contributed by atoms with Gasteiger partial charge in [-0.2, -0.15) is 0 Å². The highest BCUT2D eigenvalue weighted by Crippen LogP contribution is 1.87. The molecule has 2 nitrogen and oxygen atoms in total. The van der Waals surface area contributed by atoms with Crippen molar-refractivity contribution in [3.8, 4) is 0 Å². The fraction of sp³-hybridized carbons (Fsp3) is 0.143. The zero-order valence-electron chi connectivity index (χ0n) is 5.12. The quantitative estimate of drug-likeness (QED) is 0.548. The molecule has 0 spiro atoms. The minimum Gasteiger partial charge on any atom is -0.241 e. The van der Waals surface area contributed by atoms with Crippen LogP contribution >= 0.6 is 0 Å². The van der Waals surface area contributed by atoms with E-state index in [2.05, 4.69) is 16.5 Å². The number of hydrogen-bond acceptors (Lipinski definition) is 2. The number of aromatic nitrogens is 2. The zero-order chi connectivity index (χ0) is 6.53. The second-order valence-corrected chi connectivity index (χ2v) is 1.66. The van der Waals surface area contributed by atoms with E-state index in [1.807, 2.05) is 0 Å². The van der Waals surface area contributed by atoms with Crippen molar-refractivity contribution in [2.75, 3.05) is 0 Å². The Morgan fingerprint density at radius 1 is 1.44 bits per heavy atom. The largest absolute Gasteiger partial charge is 0.241 e. The van der Waals surface area contributed by atoms with Gasteiger partial charge < -0.3 is 0 Å². The van der Waals surface area contributed by atoms with Crippen molar-refractivity contribution in [1.29, 1.82) is 0 Å². The van der Waals surface area contributed by atoms with Crippen LogP contribution in [0, 0.1) is 0 Å². The van der Waals surface area contributed by atoms with E-state index in [1.165, 1.54) is 0 Å². The lowest BCUT2D eigenvalue weighted by molar-refractivity contribution is 0.990. The topological polar surface area (TPSA) is 25.8 Å². The molecule has 0 bridgehead atoms. The van der Waals surface area contributed by atoms with Crippen LogP contribution in [0.15, 0.2) is 31.1 Å². The van der Waals surface area contributed by atoms with Crippen LogP contribution in [0.4, 0.5) is 0 Å². The van der Waals surface area contributed by atoms with E-state index in [0.717, 1.165) is 12.2 Å². The smallest absolute Gasteiger partial charge is 0.131 e. The first-order chi connectivity index (χ1) is 4.43. The summed E-state index contributed by atoms with van der Waals surface area (Å²) < 4.78 is 0. The maximum absolute atomic E-state index is 3.99. The van der Waals surface area contributed by atoms with E-state index in [0.29, 0.717) is 0 Å². The van der Waals surface area contributed by atoms with Crippen LogP contribution in [0.25, 0.3) is 0 Å². The van der Waals surface area contributed by atoms with Crippen LogP contribution in [0.2, 0.25) is 0 Å². The predicted molar refractivity (Wildman–Crippen MR) is 35.9 cm³/mol. The van der Waals surface area contributed by atoms with Crippen molar-refractivity contribution in [3.05, 3.63) is 36.9 Å². The molecule has 1 aromatic heterocycles. The summed E-state index contributed by atoms with van der Waals surface area (Å²) in [5.41, 5.74) is 0. The van der Waals surface area contributed by atoms with Crippen LogP contribution in [0.1, 0.15) is 5.82 Å². The van der Waals surface area contributed by atoms with Crippen molar-refractivity contribution in [3.63, 3.8) is 0 Å². The van der Waals surface area contributed by atoms with Gasteiger partial charge in [-0.05, 0) is 6.07 Å². The molecule has 0 saturated carbocycles. The Hall–Kier alpha value is -1.18. The second kappa shape index (κ2) is 2.97. The van der Waals surface area contributed by atoms with E-state index in [-0.39, 0.29) is 0 Å². The normalized spacial score (nSPS) is 8.89. The summed E-state index contributed by atoms with van der Waals surface area (Å²) >= 11 is 0. The van der Waals surface area contributed by atoms with Crippen molar-refractivity contribution in [2.24, 2.45) is 0 Å². The summed E-state index contributed by atoms with van der Waals surface area (Å²) in [5.74, 6) is 0.826. The number of allylic oxidation sites excluding steroid dienone is 1. The molecule has 0 N–H and O–H groups in total. The van der Waals surface area contributed by atoms with Gasteiger partial charge in [0.15, 0.2) is 0 Å². The number of nitrogens with zero attached hydrogens (tertiary/aromatic N) is 2. The lowest BCUT2D eigenvalue weighted by Gasteiger charge is -1.89. The molecule has 0 aliphatic rings. The monoisotopic (exact) mass is 120 g/mol. The first kappa shape index (κ1) is 5.95. The molecular weight excluding hydrogens is 112 g/mol. The lowest BCUT2D eigenvalue weighted by atomic mass is 10.4. The Morgan fingerprint density at radius 2 is 2.11 bits per heavy atom. The summed E-state index contributed by atoms with van der Waals surface area (Å²) in [5, 5.41) is 0. The highest BCUT2D eigenvalue weighted by molar-refractivity contribution is 4.93. The number of hydrogen-bond donors (Lipinski definition) is 0. The van der Waals surface area contributed by atoms with E-state index < -0.39 is 0 Å². The predicted octanol–water partition coefficient (Wildman–Crippen LogP) is 1.21. The summed E-state index contributed by atoms with van der Waals surface area (Å²) in [7, 11) is 0. The van der Waals surface area contributed by atoms with Gasteiger partial charge in [0, 0.05) is 18.8 Å². The molecule has 0 aliphatic heterocycles. The maximum Gasteiger partial charge on any atom is 0.131 e. The van der Waals surface area contributed by atoms with E-state index in [1.54, 1.807) is 24.5 Å². The molecule has 2 heteroatoms. The molecule has 0 saturated heterocycles. The average molecular weight is 120 g/mol. The summed E-state index contributed by atoms with van der Waals surface area (Å²) in [6.45, 7) is 3.58. The first-order valence-corrected chi connectivity index (χ1v) is 2.80. The molecular formula is C7H8N2. The Labute approximate surface area is 54.3 Å². The molecule has 9 heavy (non-hydrogen) atoms. The van der Waals surface area contributed by atoms with Crippen molar-refractivity contribution >= 4 is 0 Å². The average Bonchev–Trinajstić information content (AvgIpc) is 1.91. The van der Waals surface area contributed by atoms with Crippen LogP contribution in [0.5, 0.6) is 0 Å². The Balaban J connectivity index is 2.72. The minimum atomic E-state index is 0.751. The molecule has 46 valence electrons.